The molecule has 4 nitrogen and oxygen atoms in total. The van der Waals surface area contributed by atoms with E-state index in [2.05, 4.69) is 24.1 Å². The number of amides is 1. The van der Waals surface area contributed by atoms with Gasteiger partial charge in [0.25, 0.3) is 0 Å². The van der Waals surface area contributed by atoms with Crippen molar-refractivity contribution in [3.8, 4) is 0 Å². The first-order valence-electron chi connectivity index (χ1n) is 9.19. The van der Waals surface area contributed by atoms with Crippen molar-refractivity contribution in [2.24, 2.45) is 5.73 Å². The average molecular weight is 390 g/mol. The topological polar surface area (TPSA) is 58.4 Å². The molecule has 2 aromatic rings. The molecule has 1 fully saturated rings. The Labute approximate surface area is 164 Å². The fourth-order valence-corrected chi connectivity index (χ4v) is 3.88. The molecule has 0 aliphatic carbocycles. The highest BCUT2D eigenvalue weighted by Gasteiger charge is 2.36. The highest BCUT2D eigenvalue weighted by Crippen LogP contribution is 2.35. The summed E-state index contributed by atoms with van der Waals surface area (Å²) in [5.41, 5.74) is 7.79. The number of nitrogens with one attached hydrogen (secondary N) is 1. The Morgan fingerprint density at radius 3 is 2.59 bits per heavy atom. The molecule has 1 saturated heterocycles. The summed E-state index contributed by atoms with van der Waals surface area (Å²) in [6, 6.07) is 13.0. The van der Waals surface area contributed by atoms with Crippen molar-refractivity contribution in [3.63, 3.8) is 0 Å². The molecule has 0 radical (unpaired) electrons. The van der Waals surface area contributed by atoms with Gasteiger partial charge in [0.1, 0.15) is 5.82 Å². The highest BCUT2D eigenvalue weighted by atomic mass is 35.5. The van der Waals surface area contributed by atoms with Gasteiger partial charge in [0.15, 0.2) is 0 Å². The van der Waals surface area contributed by atoms with Crippen LogP contribution in [0.2, 0.25) is 5.02 Å². The molecule has 3 N–H and O–H groups in total. The number of carbonyl (C=O) groups excluding carboxylic acids is 1. The summed E-state index contributed by atoms with van der Waals surface area (Å²) in [5, 5.41) is 3.75. The van der Waals surface area contributed by atoms with Crippen LogP contribution in [0.3, 0.4) is 0 Å². The number of rotatable bonds is 6. The van der Waals surface area contributed by atoms with Crippen LogP contribution in [0, 0.1) is 5.82 Å². The van der Waals surface area contributed by atoms with E-state index >= 15 is 0 Å². The van der Waals surface area contributed by atoms with Crippen LogP contribution in [-0.2, 0) is 6.54 Å². The Kier molecular flexibility index (Phi) is 6.15. The molecule has 1 aliphatic heterocycles. The second-order valence-corrected chi connectivity index (χ2v) is 7.69. The number of hydrogen-bond donors (Lipinski definition) is 2. The first-order valence-corrected chi connectivity index (χ1v) is 9.57. The summed E-state index contributed by atoms with van der Waals surface area (Å²) in [6.45, 7) is 5.93. The molecular weight excluding hydrogens is 365 g/mol. The number of likely N-dealkylation sites (tertiary alicyclic amines) is 1. The number of nitrogens with zero attached hydrogens (tertiary/aromatic N) is 1. The van der Waals surface area contributed by atoms with E-state index in [1.165, 1.54) is 0 Å². The van der Waals surface area contributed by atoms with Gasteiger partial charge in [-0.05, 0) is 55.7 Å². The third kappa shape index (κ3) is 4.49. The van der Waals surface area contributed by atoms with Crippen molar-refractivity contribution in [3.05, 3.63) is 70.0 Å². The zero-order valence-electron chi connectivity index (χ0n) is 15.6. The van der Waals surface area contributed by atoms with Gasteiger partial charge in [0, 0.05) is 30.7 Å². The third-order valence-electron chi connectivity index (χ3n) is 5.19. The van der Waals surface area contributed by atoms with Crippen molar-refractivity contribution in [2.45, 2.75) is 44.9 Å². The van der Waals surface area contributed by atoms with Gasteiger partial charge >= 0.3 is 0 Å². The Bertz CT molecular complexity index is 810. The van der Waals surface area contributed by atoms with Crippen molar-refractivity contribution in [2.75, 3.05) is 6.54 Å². The Balaban J connectivity index is 1.76. The Hall–Kier alpha value is -1.95. The minimum atomic E-state index is -0.428. The van der Waals surface area contributed by atoms with E-state index in [0.29, 0.717) is 18.2 Å². The van der Waals surface area contributed by atoms with E-state index in [1.54, 1.807) is 24.3 Å². The molecular formula is C21H25ClFN3O. The van der Waals surface area contributed by atoms with E-state index in [0.717, 1.165) is 24.1 Å². The molecule has 1 amide bonds. The Morgan fingerprint density at radius 1 is 1.30 bits per heavy atom. The van der Waals surface area contributed by atoms with Crippen LogP contribution in [0.25, 0.3) is 0 Å². The normalized spacial score (nSPS) is 20.3. The van der Waals surface area contributed by atoms with Crippen LogP contribution in [0.4, 0.5) is 4.39 Å². The molecule has 2 atom stereocenters. The quantitative estimate of drug-likeness (QED) is 0.787. The highest BCUT2D eigenvalue weighted by molar-refractivity contribution is 6.30. The van der Waals surface area contributed by atoms with Gasteiger partial charge in [0.2, 0.25) is 5.91 Å². The first kappa shape index (κ1) is 19.8. The molecule has 0 aromatic heterocycles. The molecule has 6 heteroatoms. The predicted octanol–water partition coefficient (Wildman–Crippen LogP) is 3.89. The number of nitrogens with two attached hydrogens (primary N) is 1. The van der Waals surface area contributed by atoms with E-state index in [1.807, 2.05) is 18.2 Å². The lowest BCUT2D eigenvalue weighted by atomic mass is 9.98. The van der Waals surface area contributed by atoms with Gasteiger partial charge < -0.3 is 11.1 Å². The monoisotopic (exact) mass is 389 g/mol. The van der Waals surface area contributed by atoms with Gasteiger partial charge in [-0.3, -0.25) is 9.69 Å². The number of halogens is 2. The number of carbonyl (C=O) groups is 1. The third-order valence-corrected chi connectivity index (χ3v) is 5.50. The standard InChI is InChI=1S/C21H25ClFN3O/c1-13(2)26-10-9-19(20(26)16-7-8-17(22)18(23)11-16)25-12-14-3-5-15(6-4-14)21(24)27/h3-8,11,13,19-20,25H,9-10,12H2,1-2H3,(H2,24,27)/t19-,20+/m1/s1. The molecule has 144 valence electrons. The minimum absolute atomic E-state index is 0.0849. The fourth-order valence-electron chi connectivity index (χ4n) is 3.77. The molecule has 0 bridgehead atoms. The smallest absolute Gasteiger partial charge is 0.248 e. The van der Waals surface area contributed by atoms with Crippen LogP contribution < -0.4 is 11.1 Å². The van der Waals surface area contributed by atoms with Crippen LogP contribution >= 0.6 is 11.6 Å². The van der Waals surface area contributed by atoms with E-state index in [-0.39, 0.29) is 22.9 Å². The summed E-state index contributed by atoms with van der Waals surface area (Å²) < 4.78 is 14.0. The summed E-state index contributed by atoms with van der Waals surface area (Å²) in [4.78, 5) is 13.6. The second kappa shape index (κ2) is 8.38. The first-order chi connectivity index (χ1) is 12.9. The molecule has 0 spiro atoms. The second-order valence-electron chi connectivity index (χ2n) is 7.29. The summed E-state index contributed by atoms with van der Waals surface area (Å²) in [5.74, 6) is -0.812. The van der Waals surface area contributed by atoms with Crippen LogP contribution in [0.15, 0.2) is 42.5 Å². The zero-order valence-corrected chi connectivity index (χ0v) is 16.3. The van der Waals surface area contributed by atoms with Crippen LogP contribution in [-0.4, -0.2) is 29.4 Å². The SMILES string of the molecule is CC(C)N1CC[C@@H](NCc2ccc(C(N)=O)cc2)[C@@H]1c1ccc(Cl)c(F)c1. The summed E-state index contributed by atoms with van der Waals surface area (Å²) >= 11 is 5.86. The van der Waals surface area contributed by atoms with Crippen LogP contribution in [0.1, 0.15) is 47.8 Å². The summed E-state index contributed by atoms with van der Waals surface area (Å²) in [7, 11) is 0. The molecule has 0 saturated carbocycles. The van der Waals surface area contributed by atoms with Crippen molar-refractivity contribution in [1.29, 1.82) is 0 Å². The molecule has 27 heavy (non-hydrogen) atoms. The van der Waals surface area contributed by atoms with Gasteiger partial charge in [-0.25, -0.2) is 4.39 Å². The fraction of sp³-hybridized carbons (Fsp3) is 0.381. The molecule has 2 aromatic carbocycles. The van der Waals surface area contributed by atoms with Gasteiger partial charge in [-0.2, -0.15) is 0 Å². The number of primary amides is 1. The molecule has 1 aliphatic rings. The van der Waals surface area contributed by atoms with Crippen molar-refractivity contribution in [1.82, 2.24) is 10.2 Å². The minimum Gasteiger partial charge on any atom is -0.366 e. The van der Waals surface area contributed by atoms with E-state index < -0.39 is 5.91 Å². The van der Waals surface area contributed by atoms with Gasteiger partial charge in [0.05, 0.1) is 11.1 Å². The largest absolute Gasteiger partial charge is 0.366 e. The molecule has 1 heterocycles. The number of benzene rings is 2. The average Bonchev–Trinajstić information content (AvgIpc) is 3.07. The lowest BCUT2D eigenvalue weighted by molar-refractivity contribution is 0.100. The maximum atomic E-state index is 14.0. The van der Waals surface area contributed by atoms with E-state index in [9.17, 15) is 9.18 Å². The molecule has 0 unspecified atom stereocenters. The number of hydrogen-bond acceptors (Lipinski definition) is 3. The summed E-state index contributed by atoms with van der Waals surface area (Å²) in [6.07, 6.45) is 0.979. The lowest BCUT2D eigenvalue weighted by Gasteiger charge is -2.32. The zero-order chi connectivity index (χ0) is 19.6. The lowest BCUT2D eigenvalue weighted by Crippen LogP contribution is -2.38. The maximum absolute atomic E-state index is 14.0. The van der Waals surface area contributed by atoms with Crippen LogP contribution in [0.5, 0.6) is 0 Å². The van der Waals surface area contributed by atoms with Crippen molar-refractivity contribution >= 4 is 17.5 Å². The maximum Gasteiger partial charge on any atom is 0.248 e. The Morgan fingerprint density at radius 2 is 2.00 bits per heavy atom. The van der Waals surface area contributed by atoms with Gasteiger partial charge in [-0.1, -0.05) is 29.8 Å². The van der Waals surface area contributed by atoms with E-state index in [4.69, 9.17) is 17.3 Å². The predicted molar refractivity (Wildman–Crippen MR) is 106 cm³/mol. The molecule has 3 rings (SSSR count). The van der Waals surface area contributed by atoms with Crippen molar-refractivity contribution < 1.29 is 9.18 Å². The van der Waals surface area contributed by atoms with Gasteiger partial charge in [-0.15, -0.1) is 0 Å².